The van der Waals surface area contributed by atoms with Crippen LogP contribution in [0, 0.1) is 5.82 Å². The zero-order chi connectivity index (χ0) is 24.1. The highest BCUT2D eigenvalue weighted by Crippen LogP contribution is 2.28. The van der Waals surface area contributed by atoms with Gasteiger partial charge in [0.2, 0.25) is 5.91 Å². The number of nitrogens with zero attached hydrogens (tertiary/aromatic N) is 5. The van der Waals surface area contributed by atoms with Crippen molar-refractivity contribution >= 4 is 29.4 Å². The summed E-state index contributed by atoms with van der Waals surface area (Å²) in [4.78, 5) is 44.2. The SMILES string of the molecule is CC(=O)NC[C@H]1CN(c2ccc(N3CCON(C(=O)NCc4c[nH]nn4)CC3)c(F)c2)C(=O)O1. The van der Waals surface area contributed by atoms with Crippen LogP contribution in [0.5, 0.6) is 0 Å². The highest BCUT2D eigenvalue weighted by molar-refractivity contribution is 5.90. The van der Waals surface area contributed by atoms with Gasteiger partial charge in [0, 0.05) is 26.2 Å². The standard InChI is InChI=1S/C20H25FN8O5/c1-13(30)22-11-16-12-28(20(32)34-16)15-2-3-18(17(21)8-15)27-4-5-29(33-7-6-27)19(31)23-9-14-10-24-26-25-14/h2-3,8,10,16H,4-7,9,11-12H2,1H3,(H,22,30)(H,23,31)(H,24,25,26)/t16-/m0/s1. The van der Waals surface area contributed by atoms with Crippen molar-refractivity contribution in [2.45, 2.75) is 19.6 Å². The van der Waals surface area contributed by atoms with Crippen molar-refractivity contribution in [2.75, 3.05) is 49.1 Å². The van der Waals surface area contributed by atoms with Crippen molar-refractivity contribution in [1.82, 2.24) is 31.1 Å². The molecule has 1 aromatic carbocycles. The van der Waals surface area contributed by atoms with Crippen molar-refractivity contribution < 1.29 is 28.3 Å². The smallest absolute Gasteiger partial charge is 0.414 e. The largest absolute Gasteiger partial charge is 0.442 e. The first kappa shape index (κ1) is 23.2. The number of urea groups is 1. The molecule has 0 unspecified atom stereocenters. The van der Waals surface area contributed by atoms with Crippen LogP contribution in [-0.2, 0) is 20.9 Å². The Morgan fingerprint density at radius 3 is 2.85 bits per heavy atom. The number of benzene rings is 1. The molecule has 0 bridgehead atoms. The predicted molar refractivity (Wildman–Crippen MR) is 116 cm³/mol. The zero-order valence-corrected chi connectivity index (χ0v) is 18.5. The fraction of sp³-hybridized carbons (Fsp3) is 0.450. The molecule has 0 saturated carbocycles. The van der Waals surface area contributed by atoms with Crippen molar-refractivity contribution in [3.8, 4) is 0 Å². The third kappa shape index (κ3) is 5.51. The van der Waals surface area contributed by atoms with Gasteiger partial charge in [-0.1, -0.05) is 5.21 Å². The molecular weight excluding hydrogens is 451 g/mol. The molecule has 2 aliphatic rings. The number of aromatic nitrogens is 3. The number of carbonyl (C=O) groups excluding carboxylic acids is 3. The monoisotopic (exact) mass is 476 g/mol. The normalized spacial score (nSPS) is 18.5. The van der Waals surface area contributed by atoms with Crippen molar-refractivity contribution in [3.05, 3.63) is 35.9 Å². The molecule has 182 valence electrons. The van der Waals surface area contributed by atoms with Gasteiger partial charge in [-0.05, 0) is 18.2 Å². The average molecular weight is 476 g/mol. The van der Waals surface area contributed by atoms with E-state index in [-0.39, 0.29) is 38.7 Å². The number of hydrogen-bond acceptors (Lipinski definition) is 8. The molecule has 2 saturated heterocycles. The van der Waals surface area contributed by atoms with Crippen molar-refractivity contribution in [2.24, 2.45) is 0 Å². The number of hydroxylamine groups is 2. The Morgan fingerprint density at radius 2 is 2.12 bits per heavy atom. The Balaban J connectivity index is 1.34. The van der Waals surface area contributed by atoms with Gasteiger partial charge in [-0.3, -0.25) is 19.6 Å². The molecule has 3 N–H and O–H groups in total. The first-order valence-electron chi connectivity index (χ1n) is 10.7. The van der Waals surface area contributed by atoms with Crippen LogP contribution >= 0.6 is 0 Å². The second-order valence-electron chi connectivity index (χ2n) is 7.74. The third-order valence-electron chi connectivity index (χ3n) is 5.33. The summed E-state index contributed by atoms with van der Waals surface area (Å²) < 4.78 is 20.2. The number of H-pyrrole nitrogens is 1. The second-order valence-corrected chi connectivity index (χ2v) is 7.74. The third-order valence-corrected chi connectivity index (χ3v) is 5.33. The van der Waals surface area contributed by atoms with Gasteiger partial charge in [-0.15, -0.1) is 5.10 Å². The molecule has 2 aromatic rings. The molecule has 34 heavy (non-hydrogen) atoms. The number of nitrogens with one attached hydrogen (secondary N) is 3. The number of halogens is 1. The summed E-state index contributed by atoms with van der Waals surface area (Å²) in [5.41, 5.74) is 1.27. The Morgan fingerprint density at radius 1 is 1.26 bits per heavy atom. The molecule has 0 radical (unpaired) electrons. The van der Waals surface area contributed by atoms with E-state index in [1.165, 1.54) is 23.0 Å². The molecule has 1 aromatic heterocycles. The van der Waals surface area contributed by atoms with E-state index in [9.17, 15) is 14.4 Å². The summed E-state index contributed by atoms with van der Waals surface area (Å²) in [5.74, 6) is -0.739. The molecule has 3 heterocycles. The number of amides is 4. The van der Waals surface area contributed by atoms with E-state index in [1.54, 1.807) is 23.2 Å². The summed E-state index contributed by atoms with van der Waals surface area (Å²) >= 11 is 0. The van der Waals surface area contributed by atoms with Gasteiger partial charge in [-0.25, -0.2) is 19.0 Å². The summed E-state index contributed by atoms with van der Waals surface area (Å²) in [6.45, 7) is 3.08. The summed E-state index contributed by atoms with van der Waals surface area (Å²) in [5, 5.41) is 16.4. The molecule has 4 rings (SSSR count). The number of ether oxygens (including phenoxy) is 1. The van der Waals surface area contributed by atoms with Crippen LogP contribution in [0.3, 0.4) is 0 Å². The minimum absolute atomic E-state index is 0.182. The molecule has 2 aliphatic heterocycles. The molecule has 0 aliphatic carbocycles. The van der Waals surface area contributed by atoms with E-state index in [4.69, 9.17) is 9.57 Å². The quantitative estimate of drug-likeness (QED) is 0.542. The van der Waals surface area contributed by atoms with Gasteiger partial charge < -0.3 is 20.3 Å². The van der Waals surface area contributed by atoms with Gasteiger partial charge in [0.1, 0.15) is 17.6 Å². The number of aromatic amines is 1. The maximum absolute atomic E-state index is 15.0. The molecule has 1 atom stereocenters. The van der Waals surface area contributed by atoms with E-state index >= 15 is 4.39 Å². The minimum atomic E-state index is -0.599. The van der Waals surface area contributed by atoms with E-state index < -0.39 is 24.0 Å². The van der Waals surface area contributed by atoms with E-state index in [0.29, 0.717) is 30.2 Å². The number of anilines is 2. The van der Waals surface area contributed by atoms with Crippen molar-refractivity contribution in [1.29, 1.82) is 0 Å². The Hall–Kier alpha value is -3.94. The van der Waals surface area contributed by atoms with Crippen LogP contribution in [0.4, 0.5) is 25.4 Å². The highest BCUT2D eigenvalue weighted by Gasteiger charge is 2.33. The van der Waals surface area contributed by atoms with Crippen molar-refractivity contribution in [3.63, 3.8) is 0 Å². The van der Waals surface area contributed by atoms with Gasteiger partial charge in [0.15, 0.2) is 0 Å². The van der Waals surface area contributed by atoms with Gasteiger partial charge in [0.25, 0.3) is 0 Å². The fourth-order valence-electron chi connectivity index (χ4n) is 3.63. The molecule has 0 spiro atoms. The Labute approximate surface area is 194 Å². The van der Waals surface area contributed by atoms with Crippen LogP contribution in [-0.4, -0.2) is 83.9 Å². The maximum atomic E-state index is 15.0. The Kier molecular flexibility index (Phi) is 7.06. The molecule has 2 fully saturated rings. The number of hydrogen-bond donors (Lipinski definition) is 3. The second kappa shape index (κ2) is 10.3. The lowest BCUT2D eigenvalue weighted by Crippen LogP contribution is -2.41. The molecule has 13 nitrogen and oxygen atoms in total. The lowest BCUT2D eigenvalue weighted by atomic mass is 10.2. The maximum Gasteiger partial charge on any atom is 0.414 e. The number of rotatable bonds is 6. The van der Waals surface area contributed by atoms with Crippen LogP contribution in [0.2, 0.25) is 0 Å². The first-order chi connectivity index (χ1) is 16.4. The Bertz CT molecular complexity index is 1040. The summed E-state index contributed by atoms with van der Waals surface area (Å²) in [7, 11) is 0. The molecule has 4 amide bonds. The lowest BCUT2D eigenvalue weighted by molar-refractivity contribution is -0.119. The van der Waals surface area contributed by atoms with E-state index in [0.717, 1.165) is 0 Å². The first-order valence-corrected chi connectivity index (χ1v) is 10.7. The fourth-order valence-corrected chi connectivity index (χ4v) is 3.63. The van der Waals surface area contributed by atoms with E-state index in [1.807, 2.05) is 0 Å². The molecular formula is C20H25FN8O5. The van der Waals surface area contributed by atoms with Crippen LogP contribution in [0.1, 0.15) is 12.6 Å². The van der Waals surface area contributed by atoms with Crippen LogP contribution in [0.15, 0.2) is 24.4 Å². The predicted octanol–water partition coefficient (Wildman–Crippen LogP) is 0.369. The number of carbonyl (C=O) groups is 3. The summed E-state index contributed by atoms with van der Waals surface area (Å²) in [6.07, 6.45) is 0.462. The summed E-state index contributed by atoms with van der Waals surface area (Å²) in [6, 6.07) is 4.06. The van der Waals surface area contributed by atoms with E-state index in [2.05, 4.69) is 26.0 Å². The van der Waals surface area contributed by atoms with Crippen LogP contribution in [0.25, 0.3) is 0 Å². The van der Waals surface area contributed by atoms with Gasteiger partial charge >= 0.3 is 12.1 Å². The number of cyclic esters (lactones) is 1. The minimum Gasteiger partial charge on any atom is -0.442 e. The van der Waals surface area contributed by atoms with Crippen LogP contribution < -0.4 is 20.4 Å². The zero-order valence-electron chi connectivity index (χ0n) is 18.5. The average Bonchev–Trinajstić information content (AvgIpc) is 3.39. The topological polar surface area (TPSA) is 145 Å². The lowest BCUT2D eigenvalue weighted by Gasteiger charge is -2.24. The van der Waals surface area contributed by atoms with Gasteiger partial charge in [-0.2, -0.15) is 0 Å². The highest BCUT2D eigenvalue weighted by atomic mass is 19.1. The molecule has 14 heteroatoms. The van der Waals surface area contributed by atoms with Gasteiger partial charge in [0.05, 0.1) is 44.2 Å².